The van der Waals surface area contributed by atoms with Gasteiger partial charge in [-0.3, -0.25) is 9.36 Å². The first-order valence-corrected chi connectivity index (χ1v) is 7.07. The van der Waals surface area contributed by atoms with E-state index in [0.717, 1.165) is 38.2 Å². The van der Waals surface area contributed by atoms with Crippen molar-refractivity contribution < 1.29 is 4.74 Å². The number of para-hydroxylation sites is 1. The number of nitrogens with one attached hydrogen (secondary N) is 1. The predicted molar refractivity (Wildman–Crippen MR) is 77.8 cm³/mol. The summed E-state index contributed by atoms with van der Waals surface area (Å²) in [6.07, 6.45) is 2.76. The van der Waals surface area contributed by atoms with Crippen LogP contribution in [-0.2, 0) is 11.3 Å². The summed E-state index contributed by atoms with van der Waals surface area (Å²) in [4.78, 5) is 16.6. The Balaban J connectivity index is 1.60. The smallest absolute Gasteiger partial charge is 0.261 e. The maximum absolute atomic E-state index is 12.3. The van der Waals surface area contributed by atoms with E-state index in [-0.39, 0.29) is 5.56 Å². The van der Waals surface area contributed by atoms with Gasteiger partial charge in [0.15, 0.2) is 0 Å². The van der Waals surface area contributed by atoms with E-state index in [2.05, 4.69) is 10.3 Å². The lowest BCUT2D eigenvalue weighted by molar-refractivity contribution is 0.185. The van der Waals surface area contributed by atoms with Crippen molar-refractivity contribution in [1.29, 1.82) is 0 Å². The highest BCUT2D eigenvalue weighted by Crippen LogP contribution is 2.10. The maximum Gasteiger partial charge on any atom is 0.261 e. The molecule has 5 heteroatoms. The molecular weight excluding hydrogens is 254 g/mol. The molecule has 0 radical (unpaired) electrons. The van der Waals surface area contributed by atoms with Gasteiger partial charge in [-0.2, -0.15) is 0 Å². The van der Waals surface area contributed by atoms with Crippen LogP contribution in [0.25, 0.3) is 10.9 Å². The molecule has 1 aliphatic rings. The monoisotopic (exact) mass is 273 g/mol. The molecule has 1 aliphatic heterocycles. The van der Waals surface area contributed by atoms with Gasteiger partial charge in [-0.05, 0) is 24.5 Å². The normalized spacial score (nSPS) is 18.7. The van der Waals surface area contributed by atoms with E-state index in [1.165, 1.54) is 0 Å². The highest BCUT2D eigenvalue weighted by Gasteiger charge is 2.14. The fourth-order valence-electron chi connectivity index (χ4n) is 2.52. The zero-order chi connectivity index (χ0) is 13.8. The first-order chi connectivity index (χ1) is 9.84. The number of aromatic nitrogens is 2. The fraction of sp³-hybridized carbons (Fsp3) is 0.467. The molecular formula is C15H19N3O2. The van der Waals surface area contributed by atoms with Crippen LogP contribution in [0.15, 0.2) is 35.4 Å². The maximum atomic E-state index is 12.3. The van der Waals surface area contributed by atoms with Crippen LogP contribution in [0.4, 0.5) is 0 Å². The SMILES string of the molecule is O=c1c2ccccc2ncn1CCNCC1CCOC1. The second-order valence-electron chi connectivity index (χ2n) is 5.19. The molecule has 20 heavy (non-hydrogen) atoms. The third kappa shape index (κ3) is 2.89. The van der Waals surface area contributed by atoms with E-state index in [1.807, 2.05) is 24.3 Å². The number of ether oxygens (including phenoxy) is 1. The molecule has 0 spiro atoms. The molecule has 5 nitrogen and oxygen atoms in total. The number of hydrogen-bond acceptors (Lipinski definition) is 4. The molecule has 1 N–H and O–H groups in total. The standard InChI is InChI=1S/C15H19N3O2/c19-15-13-3-1-2-4-14(13)17-11-18(15)7-6-16-9-12-5-8-20-10-12/h1-4,11-12,16H,5-10H2. The Hall–Kier alpha value is -1.72. The van der Waals surface area contributed by atoms with Gasteiger partial charge in [-0.1, -0.05) is 12.1 Å². The summed E-state index contributed by atoms with van der Waals surface area (Å²) in [6.45, 7) is 4.10. The molecule has 1 unspecified atom stereocenters. The second kappa shape index (κ2) is 6.15. The van der Waals surface area contributed by atoms with Crippen molar-refractivity contribution in [3.8, 4) is 0 Å². The molecule has 1 aromatic carbocycles. The zero-order valence-corrected chi connectivity index (χ0v) is 11.4. The second-order valence-corrected chi connectivity index (χ2v) is 5.19. The molecule has 0 bridgehead atoms. The minimum Gasteiger partial charge on any atom is -0.381 e. The lowest BCUT2D eigenvalue weighted by atomic mass is 10.1. The molecule has 0 aliphatic carbocycles. The van der Waals surface area contributed by atoms with Crippen molar-refractivity contribution in [2.45, 2.75) is 13.0 Å². The van der Waals surface area contributed by atoms with Crippen molar-refractivity contribution >= 4 is 10.9 Å². The summed E-state index contributed by atoms with van der Waals surface area (Å²) >= 11 is 0. The van der Waals surface area contributed by atoms with Gasteiger partial charge in [-0.25, -0.2) is 4.98 Å². The Morgan fingerprint density at radius 3 is 3.15 bits per heavy atom. The number of hydrogen-bond donors (Lipinski definition) is 1. The minimum atomic E-state index is 0.0293. The molecule has 0 saturated carbocycles. The van der Waals surface area contributed by atoms with Crippen LogP contribution >= 0.6 is 0 Å². The van der Waals surface area contributed by atoms with Gasteiger partial charge in [-0.15, -0.1) is 0 Å². The predicted octanol–water partition coefficient (Wildman–Crippen LogP) is 1.02. The fourth-order valence-corrected chi connectivity index (χ4v) is 2.52. The Morgan fingerprint density at radius 2 is 2.30 bits per heavy atom. The molecule has 3 rings (SSSR count). The summed E-state index contributed by atoms with van der Waals surface area (Å²) in [7, 11) is 0. The molecule has 106 valence electrons. The summed E-state index contributed by atoms with van der Waals surface area (Å²) in [5.74, 6) is 0.612. The van der Waals surface area contributed by atoms with Crippen molar-refractivity contribution in [3.05, 3.63) is 40.9 Å². The highest BCUT2D eigenvalue weighted by atomic mass is 16.5. The molecule has 2 aromatic rings. The van der Waals surface area contributed by atoms with E-state index >= 15 is 0 Å². The Kier molecular flexibility index (Phi) is 4.08. The first-order valence-electron chi connectivity index (χ1n) is 7.07. The molecule has 0 amide bonds. The average Bonchev–Trinajstić information content (AvgIpc) is 2.99. The lowest BCUT2D eigenvalue weighted by Gasteiger charge is -2.10. The van der Waals surface area contributed by atoms with Crippen LogP contribution < -0.4 is 10.9 Å². The van der Waals surface area contributed by atoms with Gasteiger partial charge in [0.2, 0.25) is 0 Å². The van der Waals surface area contributed by atoms with Crippen LogP contribution in [0.5, 0.6) is 0 Å². The molecule has 1 aromatic heterocycles. The van der Waals surface area contributed by atoms with Gasteiger partial charge >= 0.3 is 0 Å². The summed E-state index contributed by atoms with van der Waals surface area (Å²) in [6, 6.07) is 7.45. The minimum absolute atomic E-state index is 0.0293. The van der Waals surface area contributed by atoms with E-state index < -0.39 is 0 Å². The first kappa shape index (κ1) is 13.3. The summed E-state index contributed by atoms with van der Waals surface area (Å²) in [5, 5.41) is 4.06. The number of benzene rings is 1. The van der Waals surface area contributed by atoms with E-state index in [0.29, 0.717) is 17.8 Å². The lowest BCUT2D eigenvalue weighted by Crippen LogP contribution is -2.30. The topological polar surface area (TPSA) is 56.2 Å². The van der Waals surface area contributed by atoms with Crippen LogP contribution in [0.2, 0.25) is 0 Å². The van der Waals surface area contributed by atoms with Crippen LogP contribution in [-0.4, -0.2) is 35.9 Å². The van der Waals surface area contributed by atoms with Crippen molar-refractivity contribution in [2.24, 2.45) is 5.92 Å². The molecule has 1 saturated heterocycles. The average molecular weight is 273 g/mol. The van der Waals surface area contributed by atoms with Crippen LogP contribution in [0.3, 0.4) is 0 Å². The Bertz CT molecular complexity index is 632. The van der Waals surface area contributed by atoms with Crippen LogP contribution in [0.1, 0.15) is 6.42 Å². The molecule has 2 heterocycles. The van der Waals surface area contributed by atoms with Gasteiger partial charge in [0.1, 0.15) is 0 Å². The number of fused-ring (bicyclic) bond motifs is 1. The van der Waals surface area contributed by atoms with Gasteiger partial charge < -0.3 is 10.1 Å². The van der Waals surface area contributed by atoms with Gasteiger partial charge in [0.05, 0.1) is 23.8 Å². The third-order valence-corrected chi connectivity index (χ3v) is 3.72. The van der Waals surface area contributed by atoms with Crippen molar-refractivity contribution in [2.75, 3.05) is 26.3 Å². The Morgan fingerprint density at radius 1 is 1.40 bits per heavy atom. The molecule has 1 fully saturated rings. The highest BCUT2D eigenvalue weighted by molar-refractivity contribution is 5.76. The van der Waals surface area contributed by atoms with Gasteiger partial charge in [0.25, 0.3) is 5.56 Å². The number of nitrogens with zero attached hydrogens (tertiary/aromatic N) is 2. The summed E-state index contributed by atoms with van der Waals surface area (Å²) in [5.41, 5.74) is 0.784. The van der Waals surface area contributed by atoms with E-state index in [1.54, 1.807) is 10.9 Å². The quantitative estimate of drug-likeness (QED) is 0.827. The van der Waals surface area contributed by atoms with E-state index in [9.17, 15) is 4.79 Å². The largest absolute Gasteiger partial charge is 0.381 e. The Labute approximate surface area is 117 Å². The van der Waals surface area contributed by atoms with E-state index in [4.69, 9.17) is 4.74 Å². The number of rotatable bonds is 5. The van der Waals surface area contributed by atoms with Crippen LogP contribution in [0, 0.1) is 5.92 Å². The van der Waals surface area contributed by atoms with Gasteiger partial charge in [0, 0.05) is 26.2 Å². The zero-order valence-electron chi connectivity index (χ0n) is 11.4. The third-order valence-electron chi connectivity index (χ3n) is 3.72. The van der Waals surface area contributed by atoms with Crippen molar-refractivity contribution in [1.82, 2.24) is 14.9 Å². The van der Waals surface area contributed by atoms with Crippen molar-refractivity contribution in [3.63, 3.8) is 0 Å². The molecule has 1 atom stereocenters. The summed E-state index contributed by atoms with van der Waals surface area (Å²) < 4.78 is 7.00.